The number of carboxylic acids is 1. The van der Waals surface area contributed by atoms with Crippen LogP contribution in [0.15, 0.2) is 11.3 Å². The maximum atomic E-state index is 10.6. The standard InChI is InChI=1S/C10H16O3/c1-7(10(12)13)9(11)8-5-3-2-4-6-8/h8,11H,2-6H2,1H3,(H,12,13)/b9-7+. The van der Waals surface area contributed by atoms with Crippen LogP contribution in [0.1, 0.15) is 39.0 Å². The quantitative estimate of drug-likeness (QED) is 0.512. The Balaban J connectivity index is 2.68. The van der Waals surface area contributed by atoms with E-state index in [1.165, 1.54) is 13.3 Å². The Morgan fingerprint density at radius 2 is 1.69 bits per heavy atom. The summed E-state index contributed by atoms with van der Waals surface area (Å²) in [5.74, 6) is -0.833. The van der Waals surface area contributed by atoms with Gasteiger partial charge in [-0.05, 0) is 19.8 Å². The van der Waals surface area contributed by atoms with Crippen LogP contribution in [0.5, 0.6) is 0 Å². The number of aliphatic hydroxyl groups is 1. The molecule has 0 aliphatic heterocycles. The molecule has 1 aliphatic rings. The van der Waals surface area contributed by atoms with Crippen molar-refractivity contribution in [2.24, 2.45) is 5.92 Å². The van der Waals surface area contributed by atoms with Crippen LogP contribution < -0.4 is 0 Å². The molecule has 0 aromatic carbocycles. The first-order valence-corrected chi connectivity index (χ1v) is 4.76. The first-order valence-electron chi connectivity index (χ1n) is 4.76. The Bertz CT molecular complexity index is 224. The Labute approximate surface area is 78.1 Å². The molecule has 0 bridgehead atoms. The molecule has 0 unspecified atom stereocenters. The zero-order chi connectivity index (χ0) is 9.84. The van der Waals surface area contributed by atoms with Gasteiger partial charge in [0.05, 0.1) is 5.57 Å². The maximum Gasteiger partial charge on any atom is 0.334 e. The fourth-order valence-corrected chi connectivity index (χ4v) is 1.79. The summed E-state index contributed by atoms with van der Waals surface area (Å²) in [6.07, 6.45) is 5.26. The van der Waals surface area contributed by atoms with Crippen molar-refractivity contribution in [2.75, 3.05) is 0 Å². The molecule has 0 spiro atoms. The van der Waals surface area contributed by atoms with Crippen molar-refractivity contribution in [3.05, 3.63) is 11.3 Å². The third-order valence-corrected chi connectivity index (χ3v) is 2.70. The van der Waals surface area contributed by atoms with Crippen molar-refractivity contribution in [2.45, 2.75) is 39.0 Å². The van der Waals surface area contributed by atoms with E-state index in [1.54, 1.807) is 0 Å². The van der Waals surface area contributed by atoms with Crippen molar-refractivity contribution in [3.8, 4) is 0 Å². The third-order valence-electron chi connectivity index (χ3n) is 2.70. The average molecular weight is 184 g/mol. The number of aliphatic hydroxyl groups excluding tert-OH is 1. The topological polar surface area (TPSA) is 57.5 Å². The SMILES string of the molecule is C/C(C(=O)O)=C(\O)C1CCCCC1. The predicted molar refractivity (Wildman–Crippen MR) is 49.5 cm³/mol. The lowest BCUT2D eigenvalue weighted by molar-refractivity contribution is -0.132. The van der Waals surface area contributed by atoms with E-state index in [-0.39, 0.29) is 17.3 Å². The molecule has 74 valence electrons. The summed E-state index contributed by atoms with van der Waals surface area (Å²) in [5, 5.41) is 18.3. The number of aliphatic carboxylic acids is 1. The van der Waals surface area contributed by atoms with E-state index < -0.39 is 5.97 Å². The van der Waals surface area contributed by atoms with Crippen LogP contribution in [0.3, 0.4) is 0 Å². The molecule has 13 heavy (non-hydrogen) atoms. The second-order valence-electron chi connectivity index (χ2n) is 3.65. The first kappa shape index (κ1) is 10.1. The second kappa shape index (κ2) is 4.30. The Hall–Kier alpha value is -0.990. The molecular weight excluding hydrogens is 168 g/mol. The normalized spacial score (nSPS) is 21.0. The van der Waals surface area contributed by atoms with E-state index in [0.29, 0.717) is 0 Å². The summed E-state index contributed by atoms with van der Waals surface area (Å²) in [4.78, 5) is 10.6. The molecule has 3 heteroatoms. The highest BCUT2D eigenvalue weighted by molar-refractivity contribution is 5.86. The fourth-order valence-electron chi connectivity index (χ4n) is 1.79. The minimum absolute atomic E-state index is 0.0878. The molecule has 1 aliphatic carbocycles. The highest BCUT2D eigenvalue weighted by Gasteiger charge is 2.21. The maximum absolute atomic E-state index is 10.6. The van der Waals surface area contributed by atoms with Gasteiger partial charge < -0.3 is 10.2 Å². The van der Waals surface area contributed by atoms with Crippen LogP contribution in [-0.2, 0) is 4.79 Å². The highest BCUT2D eigenvalue weighted by atomic mass is 16.4. The second-order valence-corrected chi connectivity index (χ2v) is 3.65. The summed E-state index contributed by atoms with van der Waals surface area (Å²) in [6.45, 7) is 1.46. The number of hydrogen-bond acceptors (Lipinski definition) is 2. The Morgan fingerprint density at radius 3 is 2.15 bits per heavy atom. The molecule has 0 atom stereocenters. The van der Waals surface area contributed by atoms with Gasteiger partial charge in [0.25, 0.3) is 0 Å². The van der Waals surface area contributed by atoms with Crippen LogP contribution in [0, 0.1) is 5.92 Å². The van der Waals surface area contributed by atoms with Crippen molar-refractivity contribution in [1.29, 1.82) is 0 Å². The fraction of sp³-hybridized carbons (Fsp3) is 0.700. The number of hydrogen-bond donors (Lipinski definition) is 2. The van der Waals surface area contributed by atoms with Crippen LogP contribution in [0.25, 0.3) is 0 Å². The lowest BCUT2D eigenvalue weighted by Gasteiger charge is -2.21. The molecule has 1 rings (SSSR count). The smallest absolute Gasteiger partial charge is 0.334 e. The van der Waals surface area contributed by atoms with Gasteiger partial charge in [0, 0.05) is 5.92 Å². The lowest BCUT2D eigenvalue weighted by atomic mass is 9.86. The summed E-state index contributed by atoms with van der Waals surface area (Å²) >= 11 is 0. The van der Waals surface area contributed by atoms with Crippen molar-refractivity contribution in [3.63, 3.8) is 0 Å². The number of carbonyl (C=O) groups is 1. The Morgan fingerprint density at radius 1 is 1.15 bits per heavy atom. The number of rotatable bonds is 2. The van der Waals surface area contributed by atoms with E-state index in [4.69, 9.17) is 5.11 Å². The average Bonchev–Trinajstić information content (AvgIpc) is 2.17. The Kier molecular flexibility index (Phi) is 3.34. The van der Waals surface area contributed by atoms with Crippen LogP contribution in [0.4, 0.5) is 0 Å². The van der Waals surface area contributed by atoms with E-state index in [1.807, 2.05) is 0 Å². The van der Waals surface area contributed by atoms with Crippen molar-refractivity contribution in [1.82, 2.24) is 0 Å². The molecule has 3 nitrogen and oxygen atoms in total. The monoisotopic (exact) mass is 184 g/mol. The van der Waals surface area contributed by atoms with Gasteiger partial charge in [0.2, 0.25) is 0 Å². The molecule has 0 amide bonds. The summed E-state index contributed by atoms with van der Waals surface area (Å²) in [7, 11) is 0. The minimum Gasteiger partial charge on any atom is -0.511 e. The highest BCUT2D eigenvalue weighted by Crippen LogP contribution is 2.29. The summed E-state index contributed by atoms with van der Waals surface area (Å²) in [5.41, 5.74) is 0.104. The van der Waals surface area contributed by atoms with Gasteiger partial charge in [0.15, 0.2) is 0 Å². The van der Waals surface area contributed by atoms with E-state index in [0.717, 1.165) is 25.7 Å². The van der Waals surface area contributed by atoms with E-state index >= 15 is 0 Å². The van der Waals surface area contributed by atoms with Gasteiger partial charge >= 0.3 is 5.97 Å². The molecule has 0 saturated heterocycles. The number of allylic oxidation sites excluding steroid dienone is 1. The lowest BCUT2D eigenvalue weighted by Crippen LogP contribution is -2.13. The van der Waals surface area contributed by atoms with E-state index in [2.05, 4.69) is 0 Å². The van der Waals surface area contributed by atoms with Gasteiger partial charge in [0.1, 0.15) is 5.76 Å². The van der Waals surface area contributed by atoms with Crippen LogP contribution in [-0.4, -0.2) is 16.2 Å². The summed E-state index contributed by atoms with van der Waals surface area (Å²) < 4.78 is 0. The van der Waals surface area contributed by atoms with Gasteiger partial charge in [-0.3, -0.25) is 0 Å². The molecular formula is C10H16O3. The summed E-state index contributed by atoms with van der Waals surface area (Å²) in [6, 6.07) is 0. The molecule has 0 aromatic rings. The van der Waals surface area contributed by atoms with Gasteiger partial charge in [-0.1, -0.05) is 19.3 Å². The zero-order valence-corrected chi connectivity index (χ0v) is 7.92. The minimum atomic E-state index is -1.01. The number of carboxylic acid groups (broad SMARTS) is 1. The molecule has 2 N–H and O–H groups in total. The van der Waals surface area contributed by atoms with Crippen molar-refractivity contribution >= 4 is 5.97 Å². The van der Waals surface area contributed by atoms with Gasteiger partial charge in [-0.15, -0.1) is 0 Å². The molecule has 1 fully saturated rings. The van der Waals surface area contributed by atoms with Gasteiger partial charge in [-0.25, -0.2) is 4.79 Å². The first-order chi connectivity index (χ1) is 6.13. The largest absolute Gasteiger partial charge is 0.511 e. The van der Waals surface area contributed by atoms with Crippen molar-refractivity contribution < 1.29 is 15.0 Å². The van der Waals surface area contributed by atoms with Crippen LogP contribution >= 0.6 is 0 Å². The molecule has 0 heterocycles. The molecule has 0 radical (unpaired) electrons. The third kappa shape index (κ3) is 2.47. The van der Waals surface area contributed by atoms with Crippen LogP contribution in [0.2, 0.25) is 0 Å². The molecule has 1 saturated carbocycles. The van der Waals surface area contributed by atoms with E-state index in [9.17, 15) is 9.90 Å². The van der Waals surface area contributed by atoms with Gasteiger partial charge in [-0.2, -0.15) is 0 Å². The predicted octanol–water partition coefficient (Wildman–Crippen LogP) is 2.48. The molecule has 0 aromatic heterocycles. The zero-order valence-electron chi connectivity index (χ0n) is 7.92.